The summed E-state index contributed by atoms with van der Waals surface area (Å²) in [6.07, 6.45) is 0.618. The maximum Gasteiger partial charge on any atom is 0.191 e. The van der Waals surface area contributed by atoms with Crippen LogP contribution in [-0.2, 0) is 16.4 Å². The molecule has 0 aromatic heterocycles. The van der Waals surface area contributed by atoms with Gasteiger partial charge in [0.1, 0.15) is 12.4 Å². The maximum absolute atomic E-state index is 11.6. The van der Waals surface area contributed by atoms with Crippen molar-refractivity contribution in [1.29, 1.82) is 0 Å². The fourth-order valence-corrected chi connectivity index (χ4v) is 4.28. The molecule has 1 aromatic carbocycles. The van der Waals surface area contributed by atoms with Crippen molar-refractivity contribution in [2.45, 2.75) is 19.0 Å². The van der Waals surface area contributed by atoms with Crippen LogP contribution in [0.3, 0.4) is 0 Å². The Labute approximate surface area is 150 Å². The molecule has 0 aliphatic carbocycles. The van der Waals surface area contributed by atoms with Crippen molar-refractivity contribution in [3.05, 3.63) is 29.8 Å². The third-order valence-corrected chi connectivity index (χ3v) is 5.78. The summed E-state index contributed by atoms with van der Waals surface area (Å²) in [5.74, 6) is 1.85. The molecule has 0 saturated carbocycles. The lowest BCUT2D eigenvalue weighted by Crippen LogP contribution is -2.43. The second-order valence-corrected chi connectivity index (χ2v) is 8.66. The minimum atomic E-state index is -2.91. The number of para-hydroxylation sites is 1. The Morgan fingerprint density at radius 2 is 2.12 bits per heavy atom. The molecule has 0 amide bonds. The molecule has 1 unspecified atom stereocenters. The molecule has 1 heterocycles. The van der Waals surface area contributed by atoms with E-state index in [1.807, 2.05) is 38.4 Å². The number of benzene rings is 1. The highest BCUT2D eigenvalue weighted by Gasteiger charge is 2.28. The summed E-state index contributed by atoms with van der Waals surface area (Å²) in [4.78, 5) is 6.25. The van der Waals surface area contributed by atoms with Crippen molar-refractivity contribution in [2.24, 2.45) is 4.99 Å². The molecule has 8 heteroatoms. The summed E-state index contributed by atoms with van der Waals surface area (Å²) < 4.78 is 29.0. The first-order valence-corrected chi connectivity index (χ1v) is 10.2. The van der Waals surface area contributed by atoms with E-state index in [1.54, 1.807) is 7.05 Å². The molecule has 0 bridgehead atoms. The van der Waals surface area contributed by atoms with Gasteiger partial charge in [-0.15, -0.1) is 0 Å². The Morgan fingerprint density at radius 3 is 2.76 bits per heavy atom. The van der Waals surface area contributed by atoms with E-state index in [2.05, 4.69) is 20.5 Å². The Bertz CT molecular complexity index is 689. The number of sulfone groups is 1. The number of rotatable bonds is 7. The summed E-state index contributed by atoms with van der Waals surface area (Å²) in [6, 6.07) is 7.79. The minimum absolute atomic E-state index is 0.0808. The van der Waals surface area contributed by atoms with Gasteiger partial charge in [0.25, 0.3) is 0 Å². The fourth-order valence-electron chi connectivity index (χ4n) is 2.60. The molecule has 140 valence electrons. The lowest BCUT2D eigenvalue weighted by molar-refractivity contribution is 0.259. The second kappa shape index (κ2) is 9.05. The van der Waals surface area contributed by atoms with Crippen molar-refractivity contribution in [1.82, 2.24) is 15.5 Å². The quantitative estimate of drug-likeness (QED) is 0.538. The molecule has 1 aromatic rings. The van der Waals surface area contributed by atoms with Gasteiger partial charge in [0, 0.05) is 31.7 Å². The smallest absolute Gasteiger partial charge is 0.191 e. The maximum atomic E-state index is 11.6. The lowest BCUT2D eigenvalue weighted by Gasteiger charge is -2.18. The van der Waals surface area contributed by atoms with Gasteiger partial charge in [-0.2, -0.15) is 0 Å². The van der Waals surface area contributed by atoms with Gasteiger partial charge in [0.05, 0.1) is 11.5 Å². The predicted molar refractivity (Wildman–Crippen MR) is 101 cm³/mol. The molecule has 0 spiro atoms. The number of guanidine groups is 1. The van der Waals surface area contributed by atoms with Crippen molar-refractivity contribution < 1.29 is 13.2 Å². The summed E-state index contributed by atoms with van der Waals surface area (Å²) in [7, 11) is 2.79. The third kappa shape index (κ3) is 6.55. The van der Waals surface area contributed by atoms with Crippen LogP contribution in [-0.4, -0.2) is 71.1 Å². The molecule has 1 aliphatic heterocycles. The molecule has 2 rings (SSSR count). The molecular weight excluding hydrogens is 340 g/mol. The Hall–Kier alpha value is -1.80. The van der Waals surface area contributed by atoms with Crippen LogP contribution in [0.4, 0.5) is 0 Å². The van der Waals surface area contributed by atoms with E-state index in [4.69, 9.17) is 4.74 Å². The zero-order chi connectivity index (χ0) is 18.3. The fraction of sp³-hybridized carbons (Fsp3) is 0.588. The van der Waals surface area contributed by atoms with Gasteiger partial charge < -0.3 is 20.3 Å². The Kier molecular flexibility index (Phi) is 7.07. The number of likely N-dealkylation sites (N-methyl/N-ethyl adjacent to an activating group) is 1. The number of hydrogen-bond acceptors (Lipinski definition) is 5. The standard InChI is InChI=1S/C17H28N4O3S/c1-18-17(20-15-8-11-25(22,23)13-15)19-12-14-6-4-5-7-16(14)24-10-9-21(2)3/h4-7,15H,8-13H2,1-3H3,(H2,18,19,20). The molecule has 1 saturated heterocycles. The van der Waals surface area contributed by atoms with Crippen LogP contribution >= 0.6 is 0 Å². The van der Waals surface area contributed by atoms with Crippen LogP contribution in [0, 0.1) is 0 Å². The SMILES string of the molecule is CN=C(NCc1ccccc1OCCN(C)C)NC1CCS(=O)(=O)C1. The lowest BCUT2D eigenvalue weighted by atomic mass is 10.2. The van der Waals surface area contributed by atoms with Gasteiger partial charge in [-0.3, -0.25) is 4.99 Å². The van der Waals surface area contributed by atoms with E-state index in [-0.39, 0.29) is 17.5 Å². The van der Waals surface area contributed by atoms with Crippen LogP contribution < -0.4 is 15.4 Å². The first-order valence-electron chi connectivity index (χ1n) is 8.42. The minimum Gasteiger partial charge on any atom is -0.492 e. The third-order valence-electron chi connectivity index (χ3n) is 4.01. The van der Waals surface area contributed by atoms with E-state index in [9.17, 15) is 8.42 Å². The second-order valence-electron chi connectivity index (χ2n) is 6.43. The number of aliphatic imine (C=N–C) groups is 1. The monoisotopic (exact) mass is 368 g/mol. The Balaban J connectivity index is 1.89. The van der Waals surface area contributed by atoms with Gasteiger partial charge >= 0.3 is 0 Å². The largest absolute Gasteiger partial charge is 0.492 e. The normalized spacial score (nSPS) is 19.8. The highest BCUT2D eigenvalue weighted by Crippen LogP contribution is 2.17. The van der Waals surface area contributed by atoms with E-state index < -0.39 is 9.84 Å². The topological polar surface area (TPSA) is 83.0 Å². The summed E-state index contributed by atoms with van der Waals surface area (Å²) >= 11 is 0. The highest BCUT2D eigenvalue weighted by atomic mass is 32.2. The first-order chi connectivity index (χ1) is 11.9. The van der Waals surface area contributed by atoms with E-state index in [0.717, 1.165) is 17.9 Å². The van der Waals surface area contributed by atoms with Crippen molar-refractivity contribution in [3.63, 3.8) is 0 Å². The zero-order valence-electron chi connectivity index (χ0n) is 15.2. The van der Waals surface area contributed by atoms with Gasteiger partial charge in [0.15, 0.2) is 15.8 Å². The zero-order valence-corrected chi connectivity index (χ0v) is 16.0. The number of nitrogens with zero attached hydrogens (tertiary/aromatic N) is 2. The van der Waals surface area contributed by atoms with Gasteiger partial charge in [-0.05, 0) is 26.6 Å². The van der Waals surface area contributed by atoms with Gasteiger partial charge in [-0.1, -0.05) is 18.2 Å². The van der Waals surface area contributed by atoms with Crippen LogP contribution in [0.5, 0.6) is 5.75 Å². The molecule has 1 aliphatic rings. The van der Waals surface area contributed by atoms with Crippen LogP contribution in [0.2, 0.25) is 0 Å². The van der Waals surface area contributed by atoms with E-state index in [1.165, 1.54) is 0 Å². The summed E-state index contributed by atoms with van der Waals surface area (Å²) in [5.41, 5.74) is 1.03. The van der Waals surface area contributed by atoms with Crippen LogP contribution in [0.25, 0.3) is 0 Å². The molecule has 0 radical (unpaired) electrons. The molecule has 1 atom stereocenters. The van der Waals surface area contributed by atoms with E-state index in [0.29, 0.717) is 25.5 Å². The van der Waals surface area contributed by atoms with Crippen molar-refractivity contribution in [3.8, 4) is 5.75 Å². The van der Waals surface area contributed by atoms with E-state index >= 15 is 0 Å². The predicted octanol–water partition coefficient (Wildman–Crippen LogP) is 0.479. The first kappa shape index (κ1) is 19.5. The van der Waals surface area contributed by atoms with Crippen molar-refractivity contribution >= 4 is 15.8 Å². The van der Waals surface area contributed by atoms with Crippen LogP contribution in [0.15, 0.2) is 29.3 Å². The molecule has 2 N–H and O–H groups in total. The van der Waals surface area contributed by atoms with Crippen molar-refractivity contribution in [2.75, 3.05) is 45.8 Å². The summed E-state index contributed by atoms with van der Waals surface area (Å²) in [5, 5.41) is 6.41. The molecular formula is C17H28N4O3S. The highest BCUT2D eigenvalue weighted by molar-refractivity contribution is 7.91. The van der Waals surface area contributed by atoms with Gasteiger partial charge in [0.2, 0.25) is 0 Å². The number of hydrogen-bond donors (Lipinski definition) is 2. The molecule has 7 nitrogen and oxygen atoms in total. The average molecular weight is 369 g/mol. The molecule has 25 heavy (non-hydrogen) atoms. The summed E-state index contributed by atoms with van der Waals surface area (Å²) in [6.45, 7) is 2.02. The number of nitrogens with one attached hydrogen (secondary N) is 2. The van der Waals surface area contributed by atoms with Gasteiger partial charge in [-0.25, -0.2) is 8.42 Å². The Morgan fingerprint density at radius 1 is 1.36 bits per heavy atom. The van der Waals surface area contributed by atoms with Crippen LogP contribution in [0.1, 0.15) is 12.0 Å². The molecule has 1 fully saturated rings. The number of ether oxygens (including phenoxy) is 1. The average Bonchev–Trinajstić information content (AvgIpc) is 2.91.